The number of hydrogen-bond acceptors (Lipinski definition) is 4. The van der Waals surface area contributed by atoms with Gasteiger partial charge < -0.3 is 20.9 Å². The van der Waals surface area contributed by atoms with Crippen LogP contribution in [0.4, 0.5) is 0 Å². The van der Waals surface area contributed by atoms with E-state index in [2.05, 4.69) is 5.32 Å². The fourth-order valence-electron chi connectivity index (χ4n) is 2.58. The number of nitrogens with one attached hydrogen (secondary N) is 1. The van der Waals surface area contributed by atoms with Gasteiger partial charge in [-0.2, -0.15) is 0 Å². The Morgan fingerprint density at radius 2 is 1.88 bits per heavy atom. The normalized spacial score (nSPS) is 16.2. The molecule has 0 aliphatic carbocycles. The number of nitrogens with two attached hydrogens (primary N) is 1. The van der Waals surface area contributed by atoms with Crippen molar-refractivity contribution in [3.05, 3.63) is 34.4 Å². The molecule has 0 radical (unpaired) electrons. The minimum atomic E-state index is -1.28. The molecule has 1 aliphatic rings. The largest absolute Gasteiger partial charge is 0.478 e. The first-order valence-electron chi connectivity index (χ1n) is 7.76. The zero-order valence-electron chi connectivity index (χ0n) is 14.0. The van der Waals surface area contributed by atoms with Gasteiger partial charge in [0.25, 0.3) is 5.91 Å². The maximum absolute atomic E-state index is 12.7. The highest BCUT2D eigenvalue weighted by atomic mass is 16.5. The van der Waals surface area contributed by atoms with Gasteiger partial charge in [-0.15, -0.1) is 0 Å². The van der Waals surface area contributed by atoms with E-state index >= 15 is 0 Å². The van der Waals surface area contributed by atoms with E-state index in [0.29, 0.717) is 19.6 Å². The monoisotopic (exact) mass is 334 g/mol. The van der Waals surface area contributed by atoms with Crippen LogP contribution in [-0.4, -0.2) is 35.0 Å². The van der Waals surface area contributed by atoms with E-state index in [4.69, 9.17) is 10.5 Å². The van der Waals surface area contributed by atoms with Gasteiger partial charge in [-0.3, -0.25) is 9.59 Å². The molecule has 7 nitrogen and oxygen atoms in total. The first kappa shape index (κ1) is 17.9. The zero-order chi connectivity index (χ0) is 18.1. The molecule has 1 aromatic rings. The van der Waals surface area contributed by atoms with Crippen LogP contribution >= 0.6 is 0 Å². The van der Waals surface area contributed by atoms with Gasteiger partial charge in [0.1, 0.15) is 5.54 Å². The number of hydrogen-bond donors (Lipinski definition) is 3. The Labute approximate surface area is 140 Å². The fraction of sp³-hybridized carbons (Fsp3) is 0.471. The molecule has 0 bridgehead atoms. The van der Waals surface area contributed by atoms with E-state index in [0.717, 1.165) is 11.1 Å². The number of primary amides is 1. The van der Waals surface area contributed by atoms with Crippen LogP contribution in [0.15, 0.2) is 12.1 Å². The van der Waals surface area contributed by atoms with Crippen molar-refractivity contribution < 1.29 is 24.2 Å². The molecule has 0 saturated carbocycles. The van der Waals surface area contributed by atoms with E-state index in [1.54, 1.807) is 13.8 Å². The lowest BCUT2D eigenvalue weighted by molar-refractivity contribution is -0.125. The summed E-state index contributed by atoms with van der Waals surface area (Å²) in [5.41, 5.74) is 5.68. The van der Waals surface area contributed by atoms with Crippen molar-refractivity contribution in [3.8, 4) is 0 Å². The summed E-state index contributed by atoms with van der Waals surface area (Å²) in [7, 11) is 0. The molecular formula is C17H22N2O5. The Morgan fingerprint density at radius 1 is 1.25 bits per heavy atom. The number of benzene rings is 1. The topological polar surface area (TPSA) is 119 Å². The van der Waals surface area contributed by atoms with Gasteiger partial charge in [0.05, 0.1) is 24.3 Å². The van der Waals surface area contributed by atoms with Gasteiger partial charge in [0.15, 0.2) is 0 Å². The first-order valence-corrected chi connectivity index (χ1v) is 7.76. The second-order valence-corrected chi connectivity index (χ2v) is 6.45. The second kappa shape index (κ2) is 6.60. The van der Waals surface area contributed by atoms with Gasteiger partial charge in [-0.1, -0.05) is 13.8 Å². The molecule has 130 valence electrons. The van der Waals surface area contributed by atoms with E-state index in [9.17, 15) is 19.5 Å². The van der Waals surface area contributed by atoms with Gasteiger partial charge in [-0.05, 0) is 42.5 Å². The lowest BCUT2D eigenvalue weighted by atomic mass is 9.86. The maximum atomic E-state index is 12.7. The van der Waals surface area contributed by atoms with Crippen molar-refractivity contribution in [1.29, 1.82) is 0 Å². The molecule has 4 N–H and O–H groups in total. The number of carboxylic acid groups (broad SMARTS) is 1. The van der Waals surface area contributed by atoms with Gasteiger partial charge in [0.2, 0.25) is 5.91 Å². The highest BCUT2D eigenvalue weighted by Crippen LogP contribution is 2.24. The average Bonchev–Trinajstić information content (AvgIpc) is 2.52. The average molecular weight is 334 g/mol. The number of amides is 2. The third kappa shape index (κ3) is 3.26. The van der Waals surface area contributed by atoms with Crippen LogP contribution < -0.4 is 11.1 Å². The zero-order valence-corrected chi connectivity index (χ0v) is 14.0. The number of carbonyl (C=O) groups is 3. The van der Waals surface area contributed by atoms with Crippen molar-refractivity contribution in [2.75, 3.05) is 6.61 Å². The van der Waals surface area contributed by atoms with Gasteiger partial charge >= 0.3 is 5.97 Å². The summed E-state index contributed by atoms with van der Waals surface area (Å²) in [4.78, 5) is 36.0. The van der Waals surface area contributed by atoms with Crippen LogP contribution in [0.3, 0.4) is 0 Å². The maximum Gasteiger partial charge on any atom is 0.336 e. The summed E-state index contributed by atoms with van der Waals surface area (Å²) in [6.45, 7) is 5.88. The predicted molar refractivity (Wildman–Crippen MR) is 86.7 cm³/mol. The molecule has 2 amide bonds. The second-order valence-electron chi connectivity index (χ2n) is 6.45. The van der Waals surface area contributed by atoms with Crippen molar-refractivity contribution in [2.24, 2.45) is 11.7 Å². The molecule has 1 aliphatic heterocycles. The van der Waals surface area contributed by atoms with Crippen LogP contribution in [0.5, 0.6) is 0 Å². The molecule has 1 unspecified atom stereocenters. The molecule has 0 aromatic heterocycles. The molecule has 1 aromatic carbocycles. The lowest BCUT2D eigenvalue weighted by Gasteiger charge is -2.31. The molecule has 2 rings (SSSR count). The van der Waals surface area contributed by atoms with Gasteiger partial charge in [0, 0.05) is 0 Å². The molecule has 0 fully saturated rings. The van der Waals surface area contributed by atoms with E-state index in [-0.39, 0.29) is 17.0 Å². The van der Waals surface area contributed by atoms with Crippen LogP contribution in [-0.2, 0) is 22.6 Å². The molecular weight excluding hydrogens is 312 g/mol. The van der Waals surface area contributed by atoms with E-state index < -0.39 is 23.3 Å². The first-order chi connectivity index (χ1) is 11.2. The van der Waals surface area contributed by atoms with Gasteiger partial charge in [-0.25, -0.2) is 4.79 Å². The molecule has 1 heterocycles. The van der Waals surface area contributed by atoms with Crippen molar-refractivity contribution >= 4 is 17.8 Å². The summed E-state index contributed by atoms with van der Waals surface area (Å²) in [5.74, 6) is -2.77. The lowest BCUT2D eigenvalue weighted by Crippen LogP contribution is -2.58. The van der Waals surface area contributed by atoms with Crippen LogP contribution in [0, 0.1) is 5.92 Å². The van der Waals surface area contributed by atoms with Crippen LogP contribution in [0.25, 0.3) is 0 Å². The third-order valence-corrected chi connectivity index (χ3v) is 4.63. The standard InChI is InChI=1S/C17H22N2O5/c1-9(2)17(3,16(18)23)19-14(20)12-7-11-8-24-5-4-10(11)6-13(12)15(21)22/h6-7,9H,4-5,8H2,1-3H3,(H2,18,23)(H,19,20)(H,21,22). The summed E-state index contributed by atoms with van der Waals surface area (Å²) in [6.07, 6.45) is 0.600. The minimum absolute atomic E-state index is 0.000116. The summed E-state index contributed by atoms with van der Waals surface area (Å²) < 4.78 is 5.36. The molecule has 1 atom stereocenters. The number of rotatable bonds is 5. The Kier molecular flexibility index (Phi) is 4.94. The van der Waals surface area contributed by atoms with Crippen molar-refractivity contribution in [3.63, 3.8) is 0 Å². The Hall–Kier alpha value is -2.41. The number of fused-ring (bicyclic) bond motifs is 1. The smallest absolute Gasteiger partial charge is 0.336 e. The SMILES string of the molecule is CC(C)C(C)(NC(=O)c1cc2c(cc1C(=O)O)CCOC2)C(N)=O. The molecule has 0 spiro atoms. The molecule has 0 saturated heterocycles. The molecule has 24 heavy (non-hydrogen) atoms. The number of aromatic carboxylic acids is 1. The van der Waals surface area contributed by atoms with Crippen LogP contribution in [0.2, 0.25) is 0 Å². The summed E-state index contributed by atoms with van der Waals surface area (Å²) >= 11 is 0. The highest BCUT2D eigenvalue weighted by molar-refractivity contribution is 6.06. The Bertz CT molecular complexity index is 698. The number of carboxylic acids is 1. The van der Waals surface area contributed by atoms with Crippen molar-refractivity contribution in [2.45, 2.75) is 39.3 Å². The summed E-state index contributed by atoms with van der Waals surface area (Å²) in [6, 6.07) is 3.03. The fourth-order valence-corrected chi connectivity index (χ4v) is 2.58. The predicted octanol–water partition coefficient (Wildman–Crippen LogP) is 1.09. The number of carbonyl (C=O) groups excluding carboxylic acids is 2. The Balaban J connectivity index is 2.45. The quantitative estimate of drug-likeness (QED) is 0.745. The third-order valence-electron chi connectivity index (χ3n) is 4.63. The van der Waals surface area contributed by atoms with E-state index in [1.165, 1.54) is 19.1 Å². The molecule has 7 heteroatoms. The van der Waals surface area contributed by atoms with Crippen LogP contribution in [0.1, 0.15) is 52.6 Å². The van der Waals surface area contributed by atoms with E-state index in [1.807, 2.05) is 0 Å². The minimum Gasteiger partial charge on any atom is -0.478 e. The summed E-state index contributed by atoms with van der Waals surface area (Å²) in [5, 5.41) is 12.0. The van der Waals surface area contributed by atoms with Crippen molar-refractivity contribution in [1.82, 2.24) is 5.32 Å². The highest BCUT2D eigenvalue weighted by Gasteiger charge is 2.37. The number of ether oxygens (including phenoxy) is 1. The Morgan fingerprint density at radius 3 is 2.42 bits per heavy atom.